The molecule has 2 aromatic carbocycles. The number of hydrogen-bond acceptors (Lipinski definition) is 6. The fraction of sp³-hybridized carbons (Fsp3) is 0.481. The van der Waals surface area contributed by atoms with Crippen LogP contribution in [0.2, 0.25) is 0 Å². The largest absolute Gasteiger partial charge is 0.493 e. The molecule has 0 aliphatic heterocycles. The molecule has 2 aromatic rings. The van der Waals surface area contributed by atoms with Crippen LogP contribution in [0, 0.1) is 0 Å². The number of benzene rings is 2. The van der Waals surface area contributed by atoms with Gasteiger partial charge < -0.3 is 29.0 Å². The van der Waals surface area contributed by atoms with E-state index in [1.54, 1.807) is 55.5 Å². The number of aliphatic carboxylic acids is 1. The van der Waals surface area contributed by atoms with Crippen molar-refractivity contribution in [2.45, 2.75) is 51.3 Å². The third-order valence-electron chi connectivity index (χ3n) is 5.53. The van der Waals surface area contributed by atoms with Gasteiger partial charge >= 0.3 is 18.2 Å². The highest BCUT2D eigenvalue weighted by atomic mass is 19.4. The SMILES string of the molecule is CCOC(Cc1ccc(OCCN(CCCCCC(F)(F)F)C(=O)Oc2ccccc2OC)cc1)C(=O)O. The molecule has 0 saturated carbocycles. The molecule has 8 nitrogen and oxygen atoms in total. The second kappa shape index (κ2) is 15.7. The Morgan fingerprint density at radius 3 is 2.26 bits per heavy atom. The highest BCUT2D eigenvalue weighted by molar-refractivity contribution is 5.73. The van der Waals surface area contributed by atoms with Crippen LogP contribution in [0.4, 0.5) is 18.0 Å². The summed E-state index contributed by atoms with van der Waals surface area (Å²) in [5.74, 6) is 0.0769. The molecule has 0 aromatic heterocycles. The highest BCUT2D eigenvalue weighted by Crippen LogP contribution is 2.27. The van der Waals surface area contributed by atoms with E-state index >= 15 is 0 Å². The second-order valence-corrected chi connectivity index (χ2v) is 8.41. The second-order valence-electron chi connectivity index (χ2n) is 8.41. The molecule has 11 heteroatoms. The van der Waals surface area contributed by atoms with Crippen LogP contribution in [-0.4, -0.2) is 67.8 Å². The topological polar surface area (TPSA) is 94.5 Å². The van der Waals surface area contributed by atoms with Crippen LogP contribution in [-0.2, 0) is 16.0 Å². The Balaban J connectivity index is 1.95. The Hall–Kier alpha value is -3.47. The molecule has 0 fully saturated rings. The number of carbonyl (C=O) groups is 2. The predicted molar refractivity (Wildman–Crippen MR) is 134 cm³/mol. The smallest absolute Gasteiger partial charge is 0.415 e. The van der Waals surface area contributed by atoms with Gasteiger partial charge in [0.2, 0.25) is 0 Å². The van der Waals surface area contributed by atoms with Gasteiger partial charge in [-0.2, -0.15) is 13.2 Å². The standard InChI is InChI=1S/C27H34F3NO7/c1-3-36-24(25(32)33)19-20-11-13-21(14-12-20)37-18-17-31(16-8-4-7-15-27(28,29)30)26(34)38-23-10-6-5-9-22(23)35-2/h5-6,9-14,24H,3-4,7-8,15-19H2,1-2H3,(H,32,33). The first kappa shape index (κ1) is 30.8. The maximum absolute atomic E-state index is 12.9. The number of carboxylic acid groups (broad SMARTS) is 1. The Morgan fingerprint density at radius 1 is 0.974 bits per heavy atom. The lowest BCUT2D eigenvalue weighted by Gasteiger charge is -2.23. The minimum atomic E-state index is -4.20. The van der Waals surface area contributed by atoms with Crippen LogP contribution < -0.4 is 14.2 Å². The van der Waals surface area contributed by atoms with Crippen LogP contribution in [0.3, 0.4) is 0 Å². The average molecular weight is 542 g/mol. The molecule has 0 aliphatic rings. The molecule has 0 bridgehead atoms. The Labute approximate surface area is 220 Å². The summed E-state index contributed by atoms with van der Waals surface area (Å²) in [6.07, 6.45) is -5.81. The summed E-state index contributed by atoms with van der Waals surface area (Å²) >= 11 is 0. The molecule has 2 rings (SSSR count). The fourth-order valence-electron chi connectivity index (χ4n) is 3.59. The lowest BCUT2D eigenvalue weighted by atomic mass is 10.1. The summed E-state index contributed by atoms with van der Waals surface area (Å²) in [6, 6.07) is 13.5. The van der Waals surface area contributed by atoms with Gasteiger partial charge in [-0.3, -0.25) is 0 Å². The zero-order chi connectivity index (χ0) is 28.0. The summed E-state index contributed by atoms with van der Waals surface area (Å²) in [7, 11) is 1.45. The van der Waals surface area contributed by atoms with Gasteiger partial charge in [0.25, 0.3) is 0 Å². The number of hydrogen-bond donors (Lipinski definition) is 1. The number of unbranched alkanes of at least 4 members (excludes halogenated alkanes) is 2. The van der Waals surface area contributed by atoms with Gasteiger partial charge in [-0.15, -0.1) is 0 Å². The lowest BCUT2D eigenvalue weighted by molar-refractivity contribution is -0.150. The summed E-state index contributed by atoms with van der Waals surface area (Å²) in [4.78, 5) is 25.5. The van der Waals surface area contributed by atoms with Crippen LogP contribution in [0.5, 0.6) is 17.2 Å². The lowest BCUT2D eigenvalue weighted by Crippen LogP contribution is -2.37. The number of carboxylic acids is 1. The van der Waals surface area contributed by atoms with Crippen LogP contribution in [0.15, 0.2) is 48.5 Å². The number of rotatable bonds is 16. The third kappa shape index (κ3) is 11.3. The van der Waals surface area contributed by atoms with E-state index in [2.05, 4.69) is 0 Å². The zero-order valence-corrected chi connectivity index (χ0v) is 21.5. The highest BCUT2D eigenvalue weighted by Gasteiger charge is 2.26. The first-order valence-corrected chi connectivity index (χ1v) is 12.4. The van der Waals surface area contributed by atoms with Gasteiger partial charge in [0, 0.05) is 26.0 Å². The molecule has 1 unspecified atom stereocenters. The summed E-state index contributed by atoms with van der Waals surface area (Å²) < 4.78 is 58.9. The summed E-state index contributed by atoms with van der Waals surface area (Å²) in [5.41, 5.74) is 0.763. The van der Waals surface area contributed by atoms with Crippen molar-refractivity contribution < 1.29 is 46.8 Å². The maximum Gasteiger partial charge on any atom is 0.415 e. The quantitative estimate of drug-likeness (QED) is 0.271. The van der Waals surface area contributed by atoms with Gasteiger partial charge in [-0.05, 0) is 49.6 Å². The van der Waals surface area contributed by atoms with Crippen molar-refractivity contribution >= 4 is 12.1 Å². The Kier molecular flexibility index (Phi) is 12.7. The maximum atomic E-state index is 12.9. The van der Waals surface area contributed by atoms with Gasteiger partial charge in [-0.1, -0.05) is 30.7 Å². The average Bonchev–Trinajstić information content (AvgIpc) is 2.87. The van der Waals surface area contributed by atoms with Crippen molar-refractivity contribution in [3.8, 4) is 17.2 Å². The fourth-order valence-corrected chi connectivity index (χ4v) is 3.59. The molecule has 210 valence electrons. The van der Waals surface area contributed by atoms with E-state index in [-0.39, 0.29) is 44.9 Å². The number of amides is 1. The molecule has 0 heterocycles. The van der Waals surface area contributed by atoms with Crippen molar-refractivity contribution in [2.24, 2.45) is 0 Å². The number of halogens is 3. The van der Waals surface area contributed by atoms with E-state index in [1.807, 2.05) is 0 Å². The monoisotopic (exact) mass is 541 g/mol. The number of alkyl halides is 3. The molecule has 1 N–H and O–H groups in total. The van der Waals surface area contributed by atoms with Gasteiger partial charge in [0.15, 0.2) is 17.6 Å². The molecular formula is C27H34F3NO7. The minimum absolute atomic E-state index is 0.0201. The normalized spacial score (nSPS) is 12.0. The van der Waals surface area contributed by atoms with E-state index in [9.17, 15) is 27.9 Å². The Morgan fingerprint density at radius 2 is 1.66 bits per heavy atom. The summed E-state index contributed by atoms with van der Waals surface area (Å²) in [6.45, 7) is 2.46. The number of para-hydroxylation sites is 2. The molecule has 0 spiro atoms. The molecule has 0 aliphatic carbocycles. The van der Waals surface area contributed by atoms with E-state index < -0.39 is 30.8 Å². The molecule has 0 radical (unpaired) electrons. The number of methoxy groups -OCH3 is 1. The number of ether oxygens (including phenoxy) is 4. The number of nitrogens with zero attached hydrogens (tertiary/aromatic N) is 1. The van der Waals surface area contributed by atoms with E-state index in [4.69, 9.17) is 18.9 Å². The van der Waals surface area contributed by atoms with E-state index in [1.165, 1.54) is 12.0 Å². The molecule has 38 heavy (non-hydrogen) atoms. The van der Waals surface area contributed by atoms with Crippen molar-refractivity contribution in [1.29, 1.82) is 0 Å². The van der Waals surface area contributed by atoms with Gasteiger partial charge in [-0.25, -0.2) is 9.59 Å². The third-order valence-corrected chi connectivity index (χ3v) is 5.53. The first-order chi connectivity index (χ1) is 18.1. The van der Waals surface area contributed by atoms with Crippen LogP contribution in [0.25, 0.3) is 0 Å². The molecular weight excluding hydrogens is 507 g/mol. The zero-order valence-electron chi connectivity index (χ0n) is 21.5. The van der Waals surface area contributed by atoms with Crippen LogP contribution >= 0.6 is 0 Å². The van der Waals surface area contributed by atoms with Gasteiger partial charge in [0.05, 0.1) is 13.7 Å². The first-order valence-electron chi connectivity index (χ1n) is 12.4. The molecule has 1 atom stereocenters. The number of carbonyl (C=O) groups excluding carboxylic acids is 1. The van der Waals surface area contributed by atoms with Crippen LogP contribution in [0.1, 0.15) is 38.2 Å². The summed E-state index contributed by atoms with van der Waals surface area (Å²) in [5, 5.41) is 9.23. The Bertz CT molecular complexity index is 999. The van der Waals surface area contributed by atoms with Crippen molar-refractivity contribution in [3.05, 3.63) is 54.1 Å². The minimum Gasteiger partial charge on any atom is -0.493 e. The van der Waals surface area contributed by atoms with Crippen molar-refractivity contribution in [2.75, 3.05) is 33.4 Å². The molecule has 1 amide bonds. The van der Waals surface area contributed by atoms with E-state index in [0.717, 1.165) is 5.56 Å². The van der Waals surface area contributed by atoms with Crippen molar-refractivity contribution in [3.63, 3.8) is 0 Å². The van der Waals surface area contributed by atoms with E-state index in [0.29, 0.717) is 24.3 Å². The van der Waals surface area contributed by atoms with Crippen molar-refractivity contribution in [1.82, 2.24) is 4.90 Å². The molecule has 0 saturated heterocycles. The predicted octanol–water partition coefficient (Wildman–Crippen LogP) is 5.73. The van der Waals surface area contributed by atoms with Gasteiger partial charge in [0.1, 0.15) is 12.4 Å².